The van der Waals surface area contributed by atoms with E-state index in [9.17, 15) is 0 Å². The van der Waals surface area contributed by atoms with Crippen molar-refractivity contribution in [2.75, 3.05) is 25.1 Å². The minimum atomic E-state index is 0.470. The van der Waals surface area contributed by atoms with Crippen molar-refractivity contribution in [1.82, 2.24) is 10.2 Å². The number of ether oxygens (including phenoxy) is 1. The summed E-state index contributed by atoms with van der Waals surface area (Å²) in [6.07, 6.45) is 2.66. The highest BCUT2D eigenvalue weighted by Gasteiger charge is 2.20. The summed E-state index contributed by atoms with van der Waals surface area (Å²) in [5.41, 5.74) is 2.02. The van der Waals surface area contributed by atoms with Gasteiger partial charge in [0.05, 0.1) is 6.61 Å². The van der Waals surface area contributed by atoms with Gasteiger partial charge in [0.15, 0.2) is 11.0 Å². The topological polar surface area (TPSA) is 47.0 Å². The molecule has 4 nitrogen and oxygen atoms in total. The summed E-state index contributed by atoms with van der Waals surface area (Å²) in [6.45, 7) is 6.29. The van der Waals surface area contributed by atoms with E-state index in [0.717, 1.165) is 36.0 Å². The summed E-state index contributed by atoms with van der Waals surface area (Å²) in [5, 5.41) is 11.6. The third-order valence-electron chi connectivity index (χ3n) is 3.05. The molecule has 0 aromatic carbocycles. The Kier molecular flexibility index (Phi) is 4.18. The number of nitrogens with zero attached hydrogens (tertiary/aromatic N) is 2. The molecule has 5 heteroatoms. The zero-order valence-electron chi connectivity index (χ0n) is 10.3. The number of anilines is 1. The van der Waals surface area contributed by atoms with Crippen LogP contribution in [0.4, 0.5) is 5.82 Å². The van der Waals surface area contributed by atoms with Crippen LogP contribution >= 0.6 is 11.6 Å². The first-order valence-electron chi connectivity index (χ1n) is 5.99. The van der Waals surface area contributed by atoms with Crippen LogP contribution in [0.3, 0.4) is 0 Å². The smallest absolute Gasteiger partial charge is 0.155 e. The van der Waals surface area contributed by atoms with Gasteiger partial charge in [0.1, 0.15) is 0 Å². The van der Waals surface area contributed by atoms with Gasteiger partial charge in [-0.25, -0.2) is 0 Å². The van der Waals surface area contributed by atoms with E-state index in [0.29, 0.717) is 11.8 Å². The fraction of sp³-hybridized carbons (Fsp3) is 0.667. The minimum Gasteiger partial charge on any atom is -0.379 e. The van der Waals surface area contributed by atoms with Crippen LogP contribution in [0.5, 0.6) is 0 Å². The molecular formula is C12H18ClN3O. The van der Waals surface area contributed by atoms with Crippen molar-refractivity contribution in [3.05, 3.63) is 16.3 Å². The van der Waals surface area contributed by atoms with E-state index in [2.05, 4.69) is 15.5 Å². The lowest BCUT2D eigenvalue weighted by Crippen LogP contribution is -2.13. The maximum absolute atomic E-state index is 5.89. The van der Waals surface area contributed by atoms with Gasteiger partial charge in [-0.1, -0.05) is 11.6 Å². The Balaban J connectivity index is 1.75. The van der Waals surface area contributed by atoms with Crippen molar-refractivity contribution < 1.29 is 4.74 Å². The van der Waals surface area contributed by atoms with Gasteiger partial charge in [-0.05, 0) is 43.7 Å². The van der Waals surface area contributed by atoms with Crippen LogP contribution in [0.2, 0.25) is 5.15 Å². The van der Waals surface area contributed by atoms with Crippen LogP contribution < -0.4 is 5.32 Å². The number of rotatable bonds is 6. The predicted molar refractivity (Wildman–Crippen MR) is 68.5 cm³/mol. The van der Waals surface area contributed by atoms with Gasteiger partial charge < -0.3 is 10.1 Å². The fourth-order valence-electron chi connectivity index (χ4n) is 1.52. The average Bonchev–Trinajstić information content (AvgIpc) is 3.12. The number of hydrogen-bond acceptors (Lipinski definition) is 4. The highest BCUT2D eigenvalue weighted by molar-refractivity contribution is 6.30. The Morgan fingerprint density at radius 1 is 1.29 bits per heavy atom. The SMILES string of the molecule is Cc1c(Cl)nnc(NCCOCC2CC2)c1C. The van der Waals surface area contributed by atoms with E-state index < -0.39 is 0 Å². The van der Waals surface area contributed by atoms with Crippen LogP contribution in [0.15, 0.2) is 0 Å². The van der Waals surface area contributed by atoms with Gasteiger partial charge in [0.2, 0.25) is 0 Å². The molecule has 2 rings (SSSR count). The minimum absolute atomic E-state index is 0.470. The van der Waals surface area contributed by atoms with Crippen LogP contribution in [-0.2, 0) is 4.74 Å². The molecule has 1 aliphatic carbocycles. The van der Waals surface area contributed by atoms with E-state index >= 15 is 0 Å². The van der Waals surface area contributed by atoms with E-state index in [4.69, 9.17) is 16.3 Å². The Bertz CT molecular complexity index is 394. The maximum atomic E-state index is 5.89. The average molecular weight is 256 g/mol. The standard InChI is InChI=1S/C12H18ClN3O/c1-8-9(2)12(16-15-11(8)13)14-5-6-17-7-10-3-4-10/h10H,3-7H2,1-2H3,(H,14,16). The molecule has 17 heavy (non-hydrogen) atoms. The first-order valence-corrected chi connectivity index (χ1v) is 6.37. The quantitative estimate of drug-likeness (QED) is 0.794. The Hall–Kier alpha value is -0.870. The van der Waals surface area contributed by atoms with E-state index in [1.165, 1.54) is 12.8 Å². The normalized spacial score (nSPS) is 15.0. The summed E-state index contributed by atoms with van der Waals surface area (Å²) < 4.78 is 5.54. The number of nitrogens with one attached hydrogen (secondary N) is 1. The van der Waals surface area contributed by atoms with Gasteiger partial charge in [-0.3, -0.25) is 0 Å². The Morgan fingerprint density at radius 3 is 2.76 bits per heavy atom. The highest BCUT2D eigenvalue weighted by Crippen LogP contribution is 2.28. The first-order chi connectivity index (χ1) is 8.18. The van der Waals surface area contributed by atoms with Crippen molar-refractivity contribution >= 4 is 17.4 Å². The second kappa shape index (κ2) is 5.65. The molecule has 1 saturated carbocycles. The third kappa shape index (κ3) is 3.54. The molecule has 0 spiro atoms. The fourth-order valence-corrected chi connectivity index (χ4v) is 1.70. The van der Waals surface area contributed by atoms with Crippen LogP contribution in [0.1, 0.15) is 24.0 Å². The summed E-state index contributed by atoms with van der Waals surface area (Å²) in [6, 6.07) is 0. The van der Waals surface area contributed by atoms with Crippen molar-refractivity contribution in [2.24, 2.45) is 5.92 Å². The summed E-state index contributed by atoms with van der Waals surface area (Å²) >= 11 is 5.89. The molecule has 1 aliphatic rings. The molecule has 0 unspecified atom stereocenters. The third-order valence-corrected chi connectivity index (χ3v) is 3.41. The molecule has 1 N–H and O–H groups in total. The molecule has 0 radical (unpaired) electrons. The number of halogens is 1. The van der Waals surface area contributed by atoms with Gasteiger partial charge in [-0.2, -0.15) is 0 Å². The van der Waals surface area contributed by atoms with Crippen LogP contribution in [-0.4, -0.2) is 30.0 Å². The van der Waals surface area contributed by atoms with Crippen LogP contribution in [0.25, 0.3) is 0 Å². The van der Waals surface area contributed by atoms with Crippen molar-refractivity contribution in [3.63, 3.8) is 0 Å². The largest absolute Gasteiger partial charge is 0.379 e. The van der Waals surface area contributed by atoms with Gasteiger partial charge in [0.25, 0.3) is 0 Å². The maximum Gasteiger partial charge on any atom is 0.155 e. The van der Waals surface area contributed by atoms with E-state index in [1.807, 2.05) is 13.8 Å². The van der Waals surface area contributed by atoms with Crippen molar-refractivity contribution in [2.45, 2.75) is 26.7 Å². The highest BCUT2D eigenvalue weighted by atomic mass is 35.5. The molecule has 0 aliphatic heterocycles. The Labute approximate surface area is 107 Å². The predicted octanol–water partition coefficient (Wildman–Crippen LogP) is 2.59. The summed E-state index contributed by atoms with van der Waals surface area (Å²) in [7, 11) is 0. The summed E-state index contributed by atoms with van der Waals surface area (Å²) in [5.74, 6) is 1.61. The second-order valence-electron chi connectivity index (χ2n) is 4.53. The lowest BCUT2D eigenvalue weighted by atomic mass is 10.2. The van der Waals surface area contributed by atoms with Gasteiger partial charge in [0, 0.05) is 13.2 Å². The number of hydrogen-bond donors (Lipinski definition) is 1. The number of aromatic nitrogens is 2. The van der Waals surface area contributed by atoms with Crippen LogP contribution in [0, 0.1) is 19.8 Å². The monoisotopic (exact) mass is 255 g/mol. The zero-order chi connectivity index (χ0) is 12.3. The molecule has 1 heterocycles. The molecular weight excluding hydrogens is 238 g/mol. The first kappa shape index (κ1) is 12.6. The zero-order valence-corrected chi connectivity index (χ0v) is 11.0. The molecule has 0 bridgehead atoms. The van der Waals surface area contributed by atoms with Gasteiger partial charge >= 0.3 is 0 Å². The molecule has 0 atom stereocenters. The molecule has 94 valence electrons. The van der Waals surface area contributed by atoms with E-state index in [-0.39, 0.29) is 0 Å². The summed E-state index contributed by atoms with van der Waals surface area (Å²) in [4.78, 5) is 0. The lowest BCUT2D eigenvalue weighted by molar-refractivity contribution is 0.134. The molecule has 1 aromatic rings. The van der Waals surface area contributed by atoms with Crippen molar-refractivity contribution in [3.8, 4) is 0 Å². The molecule has 0 saturated heterocycles. The molecule has 1 aromatic heterocycles. The Morgan fingerprint density at radius 2 is 2.06 bits per heavy atom. The lowest BCUT2D eigenvalue weighted by Gasteiger charge is -2.10. The molecule has 1 fully saturated rings. The second-order valence-corrected chi connectivity index (χ2v) is 4.89. The molecule has 0 amide bonds. The van der Waals surface area contributed by atoms with E-state index in [1.54, 1.807) is 0 Å². The van der Waals surface area contributed by atoms with Gasteiger partial charge in [-0.15, -0.1) is 10.2 Å². The van der Waals surface area contributed by atoms with Crippen molar-refractivity contribution in [1.29, 1.82) is 0 Å².